The number of hydrogen-bond acceptors (Lipinski definition) is 5. The van der Waals surface area contributed by atoms with Gasteiger partial charge in [-0.3, -0.25) is 9.69 Å². The summed E-state index contributed by atoms with van der Waals surface area (Å²) in [6.45, 7) is 3.71. The van der Waals surface area contributed by atoms with Crippen LogP contribution in [0.15, 0.2) is 0 Å². The van der Waals surface area contributed by atoms with E-state index in [-0.39, 0.29) is 11.7 Å². The van der Waals surface area contributed by atoms with Gasteiger partial charge in [0.1, 0.15) is 0 Å². The van der Waals surface area contributed by atoms with Crippen LogP contribution < -0.4 is 0 Å². The van der Waals surface area contributed by atoms with E-state index in [1.54, 1.807) is 0 Å². The van der Waals surface area contributed by atoms with Crippen molar-refractivity contribution >= 4 is 5.91 Å². The Morgan fingerprint density at radius 2 is 2.24 bits per heavy atom. The summed E-state index contributed by atoms with van der Waals surface area (Å²) in [6, 6.07) is 0.522. The Balaban J connectivity index is 1.67. The van der Waals surface area contributed by atoms with E-state index in [1.165, 1.54) is 25.8 Å². The van der Waals surface area contributed by atoms with Crippen molar-refractivity contribution in [3.8, 4) is 0 Å². The first-order chi connectivity index (χ1) is 8.34. The van der Waals surface area contributed by atoms with Gasteiger partial charge in [0.2, 0.25) is 0 Å². The van der Waals surface area contributed by atoms with Gasteiger partial charge in [0.05, 0.1) is 0 Å². The second-order valence-electron chi connectivity index (χ2n) is 4.67. The van der Waals surface area contributed by atoms with E-state index < -0.39 is 0 Å². The molecule has 7 nitrogen and oxygen atoms in total. The number of carbonyl (C=O) groups excluding carboxylic acids is 1. The highest BCUT2D eigenvalue weighted by Crippen LogP contribution is 2.21. The molecule has 3 heterocycles. The van der Waals surface area contributed by atoms with Crippen LogP contribution in [-0.2, 0) is 0 Å². The Morgan fingerprint density at radius 1 is 1.29 bits per heavy atom. The smallest absolute Gasteiger partial charge is 0.295 e. The summed E-state index contributed by atoms with van der Waals surface area (Å²) in [6.07, 6.45) is 3.75. The number of piperazine rings is 1. The first-order valence-corrected chi connectivity index (χ1v) is 6.11. The molecule has 17 heavy (non-hydrogen) atoms. The van der Waals surface area contributed by atoms with Crippen LogP contribution in [0, 0.1) is 0 Å². The van der Waals surface area contributed by atoms with Gasteiger partial charge in [0.15, 0.2) is 0 Å². The number of nitrogens with one attached hydrogen (secondary N) is 1. The summed E-state index contributed by atoms with van der Waals surface area (Å²) in [5.41, 5.74) is 0. The normalized spacial score (nSPS) is 25.6. The van der Waals surface area contributed by atoms with E-state index in [1.807, 2.05) is 4.90 Å². The molecule has 1 aromatic rings. The Hall–Kier alpha value is -1.50. The molecular formula is C10H16N6O. The topological polar surface area (TPSA) is 78.0 Å². The van der Waals surface area contributed by atoms with Crippen molar-refractivity contribution in [2.24, 2.45) is 0 Å². The molecule has 1 aromatic heterocycles. The van der Waals surface area contributed by atoms with E-state index >= 15 is 0 Å². The second-order valence-corrected chi connectivity index (χ2v) is 4.67. The predicted octanol–water partition coefficient (Wildman–Crippen LogP) is -0.490. The third-order valence-electron chi connectivity index (χ3n) is 3.66. The van der Waals surface area contributed by atoms with Crippen molar-refractivity contribution in [2.45, 2.75) is 25.3 Å². The van der Waals surface area contributed by atoms with Gasteiger partial charge in [0, 0.05) is 25.7 Å². The monoisotopic (exact) mass is 236 g/mol. The molecule has 0 spiro atoms. The molecule has 2 fully saturated rings. The summed E-state index contributed by atoms with van der Waals surface area (Å²) in [7, 11) is 0. The lowest BCUT2D eigenvalue weighted by Gasteiger charge is -2.43. The van der Waals surface area contributed by atoms with Crippen LogP contribution in [0.1, 0.15) is 29.9 Å². The number of fused-ring (bicyclic) bond motifs is 1. The number of rotatable bonds is 1. The first kappa shape index (κ1) is 10.6. The highest BCUT2D eigenvalue weighted by atomic mass is 16.2. The largest absolute Gasteiger partial charge is 0.333 e. The summed E-state index contributed by atoms with van der Waals surface area (Å²) in [5, 5.41) is 13.2. The maximum absolute atomic E-state index is 12.1. The summed E-state index contributed by atoms with van der Waals surface area (Å²) >= 11 is 0. The van der Waals surface area contributed by atoms with Gasteiger partial charge in [-0.15, -0.1) is 10.2 Å². The second kappa shape index (κ2) is 4.40. The summed E-state index contributed by atoms with van der Waals surface area (Å²) in [4.78, 5) is 16.4. The minimum absolute atomic E-state index is 0.107. The van der Waals surface area contributed by atoms with Crippen molar-refractivity contribution in [3.05, 3.63) is 5.82 Å². The van der Waals surface area contributed by atoms with E-state index in [0.717, 1.165) is 19.6 Å². The lowest BCUT2D eigenvalue weighted by Crippen LogP contribution is -2.56. The highest BCUT2D eigenvalue weighted by molar-refractivity contribution is 5.90. The van der Waals surface area contributed by atoms with E-state index in [4.69, 9.17) is 0 Å². The summed E-state index contributed by atoms with van der Waals surface area (Å²) in [5.74, 6) is 0.0678. The van der Waals surface area contributed by atoms with Crippen molar-refractivity contribution in [2.75, 3.05) is 26.2 Å². The molecule has 2 aliphatic heterocycles. The van der Waals surface area contributed by atoms with E-state index in [2.05, 4.69) is 25.5 Å². The molecule has 7 heteroatoms. The fraction of sp³-hybridized carbons (Fsp3) is 0.800. The molecule has 0 saturated carbocycles. The zero-order valence-electron chi connectivity index (χ0n) is 9.67. The van der Waals surface area contributed by atoms with Gasteiger partial charge in [-0.2, -0.15) is 5.21 Å². The average Bonchev–Trinajstić information content (AvgIpc) is 2.91. The molecule has 2 saturated heterocycles. The number of nitrogens with zero attached hydrogens (tertiary/aromatic N) is 5. The van der Waals surface area contributed by atoms with Gasteiger partial charge in [-0.05, 0) is 24.6 Å². The van der Waals surface area contributed by atoms with Gasteiger partial charge in [-0.25, -0.2) is 0 Å². The minimum atomic E-state index is -0.107. The van der Waals surface area contributed by atoms with Crippen molar-refractivity contribution in [3.63, 3.8) is 0 Å². The van der Waals surface area contributed by atoms with Crippen molar-refractivity contribution in [1.82, 2.24) is 30.4 Å². The zero-order valence-corrected chi connectivity index (χ0v) is 9.67. The fourth-order valence-electron chi connectivity index (χ4n) is 2.73. The number of hydrogen-bond donors (Lipinski definition) is 1. The molecule has 92 valence electrons. The Kier molecular flexibility index (Phi) is 2.76. The van der Waals surface area contributed by atoms with Gasteiger partial charge < -0.3 is 4.90 Å². The lowest BCUT2D eigenvalue weighted by atomic mass is 9.99. The quantitative estimate of drug-likeness (QED) is 0.712. The molecule has 3 rings (SSSR count). The molecule has 1 unspecified atom stereocenters. The lowest BCUT2D eigenvalue weighted by molar-refractivity contribution is 0.0363. The number of aromatic amines is 1. The predicted molar refractivity (Wildman–Crippen MR) is 59.3 cm³/mol. The Labute approximate surface area is 99.2 Å². The zero-order chi connectivity index (χ0) is 11.7. The van der Waals surface area contributed by atoms with Crippen molar-refractivity contribution < 1.29 is 4.79 Å². The third-order valence-corrected chi connectivity index (χ3v) is 3.66. The van der Waals surface area contributed by atoms with Crippen LogP contribution in [-0.4, -0.2) is 68.6 Å². The minimum Gasteiger partial charge on any atom is -0.333 e. The van der Waals surface area contributed by atoms with Gasteiger partial charge in [-0.1, -0.05) is 6.42 Å². The van der Waals surface area contributed by atoms with Crippen LogP contribution >= 0.6 is 0 Å². The molecule has 1 atom stereocenters. The number of tetrazole rings is 1. The fourth-order valence-corrected chi connectivity index (χ4v) is 2.73. The first-order valence-electron chi connectivity index (χ1n) is 6.11. The Morgan fingerprint density at radius 3 is 3.06 bits per heavy atom. The number of carbonyl (C=O) groups is 1. The molecule has 2 aliphatic rings. The molecule has 1 N–H and O–H groups in total. The van der Waals surface area contributed by atoms with Crippen LogP contribution in [0.25, 0.3) is 0 Å². The van der Waals surface area contributed by atoms with Crippen LogP contribution in [0.5, 0.6) is 0 Å². The molecule has 0 aliphatic carbocycles. The molecule has 0 aromatic carbocycles. The van der Waals surface area contributed by atoms with Crippen LogP contribution in [0.4, 0.5) is 0 Å². The molecule has 1 amide bonds. The average molecular weight is 236 g/mol. The molecule has 0 radical (unpaired) electrons. The maximum Gasteiger partial charge on any atom is 0.295 e. The number of aromatic nitrogens is 4. The summed E-state index contributed by atoms with van der Waals surface area (Å²) < 4.78 is 0. The Bertz CT molecular complexity index is 392. The van der Waals surface area contributed by atoms with Crippen LogP contribution in [0.2, 0.25) is 0 Å². The number of piperidine rings is 1. The van der Waals surface area contributed by atoms with Crippen molar-refractivity contribution in [1.29, 1.82) is 0 Å². The number of amides is 1. The van der Waals surface area contributed by atoms with Gasteiger partial charge in [0.25, 0.3) is 11.7 Å². The third kappa shape index (κ3) is 2.02. The maximum atomic E-state index is 12.1. The SMILES string of the molecule is O=C(c1nn[nH]n1)N1CCN2CCCCC2C1. The number of H-pyrrole nitrogens is 1. The standard InChI is InChI=1S/C10H16N6O/c17-10(9-11-13-14-12-9)16-6-5-15-4-2-1-3-8(15)7-16/h8H,1-7H2,(H,11,12,13,14). The van der Waals surface area contributed by atoms with E-state index in [9.17, 15) is 4.79 Å². The molecule has 0 bridgehead atoms. The van der Waals surface area contributed by atoms with Gasteiger partial charge >= 0.3 is 0 Å². The van der Waals surface area contributed by atoms with E-state index in [0.29, 0.717) is 6.04 Å². The molecular weight excluding hydrogens is 220 g/mol. The highest BCUT2D eigenvalue weighted by Gasteiger charge is 2.32. The van der Waals surface area contributed by atoms with Crippen LogP contribution in [0.3, 0.4) is 0 Å².